The average molecular weight is 280 g/mol. The molecular weight excluding hydrogens is 260 g/mol. The normalized spacial score (nSPS) is 10.1. The van der Waals surface area contributed by atoms with Crippen LogP contribution in [0.4, 0.5) is 0 Å². The van der Waals surface area contributed by atoms with Gasteiger partial charge >= 0.3 is 0 Å². The number of carbonyl (C=O) groups is 2. The third-order valence-corrected chi connectivity index (χ3v) is 3.03. The van der Waals surface area contributed by atoms with Crippen LogP contribution >= 0.6 is 12.6 Å². The Labute approximate surface area is 119 Å². The molecular formula is C14H20N2O2S. The topological polar surface area (TPSA) is 49.4 Å². The minimum atomic E-state index is -0.122. The van der Waals surface area contributed by atoms with Gasteiger partial charge in [-0.3, -0.25) is 9.59 Å². The lowest BCUT2D eigenvalue weighted by Gasteiger charge is -2.20. The lowest BCUT2D eigenvalue weighted by Crippen LogP contribution is -2.41. The Hall–Kier alpha value is -1.49. The van der Waals surface area contributed by atoms with Crippen LogP contribution < -0.4 is 5.32 Å². The van der Waals surface area contributed by atoms with Crippen molar-refractivity contribution in [2.24, 2.45) is 0 Å². The van der Waals surface area contributed by atoms with Crippen LogP contribution in [0.1, 0.15) is 19.4 Å². The molecule has 5 heteroatoms. The van der Waals surface area contributed by atoms with Crippen molar-refractivity contribution in [1.82, 2.24) is 10.2 Å². The summed E-state index contributed by atoms with van der Waals surface area (Å²) in [6, 6.07) is 7.46. The molecule has 0 unspecified atom stereocenters. The number of hydrogen-bond donors (Lipinski definition) is 2. The Morgan fingerprint density at radius 1 is 1.21 bits per heavy atom. The lowest BCUT2D eigenvalue weighted by atomic mass is 10.1. The van der Waals surface area contributed by atoms with E-state index in [1.807, 2.05) is 38.1 Å². The molecule has 0 spiro atoms. The Kier molecular flexibility index (Phi) is 6.42. The minimum Gasteiger partial charge on any atom is -0.355 e. The molecule has 0 radical (unpaired) electrons. The highest BCUT2D eigenvalue weighted by Crippen LogP contribution is 2.09. The maximum absolute atomic E-state index is 12.1. The van der Waals surface area contributed by atoms with Gasteiger partial charge in [0, 0.05) is 18.0 Å². The highest BCUT2D eigenvalue weighted by molar-refractivity contribution is 7.80. The second-order valence-corrected chi connectivity index (χ2v) is 4.72. The second-order valence-electron chi connectivity index (χ2n) is 4.20. The van der Waals surface area contributed by atoms with Crippen LogP contribution in [0.25, 0.3) is 0 Å². The lowest BCUT2D eigenvalue weighted by molar-refractivity contribution is -0.135. The number of nitrogens with zero attached hydrogens (tertiary/aromatic N) is 1. The van der Waals surface area contributed by atoms with Crippen molar-refractivity contribution in [2.45, 2.75) is 25.2 Å². The Balaban J connectivity index is 2.58. The molecule has 4 nitrogen and oxygen atoms in total. The summed E-state index contributed by atoms with van der Waals surface area (Å²) in [6.07, 6.45) is 0.307. The molecule has 1 aromatic rings. The molecule has 19 heavy (non-hydrogen) atoms. The fourth-order valence-electron chi connectivity index (χ4n) is 1.70. The summed E-state index contributed by atoms with van der Waals surface area (Å²) in [7, 11) is 0. The number of thiol groups is 1. The zero-order valence-corrected chi connectivity index (χ0v) is 12.2. The Morgan fingerprint density at radius 3 is 2.37 bits per heavy atom. The van der Waals surface area contributed by atoms with Gasteiger partial charge in [0.05, 0.1) is 13.0 Å². The van der Waals surface area contributed by atoms with Crippen LogP contribution in [0.15, 0.2) is 29.2 Å². The number of carbonyl (C=O) groups excluding carboxylic acids is 2. The first-order chi connectivity index (χ1) is 9.06. The summed E-state index contributed by atoms with van der Waals surface area (Å²) >= 11 is 4.20. The van der Waals surface area contributed by atoms with Crippen molar-refractivity contribution in [3.63, 3.8) is 0 Å². The fourth-order valence-corrected chi connectivity index (χ4v) is 1.85. The molecule has 0 atom stereocenters. The number of nitrogens with one attached hydrogen (secondary N) is 1. The van der Waals surface area contributed by atoms with Crippen LogP contribution in [-0.4, -0.2) is 36.3 Å². The van der Waals surface area contributed by atoms with Crippen LogP contribution in [0.3, 0.4) is 0 Å². The van der Waals surface area contributed by atoms with Crippen molar-refractivity contribution >= 4 is 24.4 Å². The Bertz CT molecular complexity index is 432. The molecule has 0 saturated carbocycles. The summed E-state index contributed by atoms with van der Waals surface area (Å²) < 4.78 is 0. The van der Waals surface area contributed by atoms with Gasteiger partial charge in [0.1, 0.15) is 0 Å². The quantitative estimate of drug-likeness (QED) is 0.776. The van der Waals surface area contributed by atoms with Gasteiger partial charge in [-0.25, -0.2) is 0 Å². The standard InChI is InChI=1S/C14H20N2O2S/c1-3-15-13(17)10-16(4-2)14(18)9-11-5-7-12(19)8-6-11/h5-8,19H,3-4,9-10H2,1-2H3,(H,15,17). The first-order valence-electron chi connectivity index (χ1n) is 6.39. The monoisotopic (exact) mass is 280 g/mol. The third-order valence-electron chi connectivity index (χ3n) is 2.73. The zero-order valence-electron chi connectivity index (χ0n) is 11.3. The number of rotatable bonds is 6. The molecule has 0 aliphatic heterocycles. The summed E-state index contributed by atoms with van der Waals surface area (Å²) in [5, 5.41) is 2.69. The number of amides is 2. The van der Waals surface area contributed by atoms with Crippen molar-refractivity contribution in [2.75, 3.05) is 19.6 Å². The van der Waals surface area contributed by atoms with Gasteiger partial charge in [-0.05, 0) is 31.5 Å². The first kappa shape index (κ1) is 15.6. The predicted octanol–water partition coefficient (Wildman–Crippen LogP) is 1.50. The molecule has 0 aliphatic carbocycles. The van der Waals surface area contributed by atoms with Crippen LogP contribution in [-0.2, 0) is 16.0 Å². The SMILES string of the molecule is CCNC(=O)CN(CC)C(=O)Cc1ccc(S)cc1. The molecule has 1 aromatic carbocycles. The average Bonchev–Trinajstić information content (AvgIpc) is 2.39. The third kappa shape index (κ3) is 5.34. The summed E-state index contributed by atoms with van der Waals surface area (Å²) in [5.74, 6) is -0.163. The fraction of sp³-hybridized carbons (Fsp3) is 0.429. The maximum atomic E-state index is 12.1. The number of hydrogen-bond acceptors (Lipinski definition) is 3. The largest absolute Gasteiger partial charge is 0.355 e. The van der Waals surface area contributed by atoms with Gasteiger partial charge in [-0.2, -0.15) is 0 Å². The van der Waals surface area contributed by atoms with E-state index in [0.717, 1.165) is 10.5 Å². The number of likely N-dealkylation sites (N-methyl/N-ethyl adjacent to an activating group) is 2. The van der Waals surface area contributed by atoms with Gasteiger partial charge in [0.25, 0.3) is 0 Å². The van der Waals surface area contributed by atoms with E-state index < -0.39 is 0 Å². The minimum absolute atomic E-state index is 0.0410. The molecule has 0 aromatic heterocycles. The molecule has 2 amide bonds. The molecule has 0 bridgehead atoms. The van der Waals surface area contributed by atoms with Crippen molar-refractivity contribution in [3.05, 3.63) is 29.8 Å². The predicted molar refractivity (Wildman–Crippen MR) is 78.3 cm³/mol. The van der Waals surface area contributed by atoms with E-state index in [-0.39, 0.29) is 18.4 Å². The second kappa shape index (κ2) is 7.84. The molecule has 1 N–H and O–H groups in total. The van der Waals surface area contributed by atoms with E-state index in [1.54, 1.807) is 4.90 Å². The van der Waals surface area contributed by atoms with Crippen molar-refractivity contribution in [1.29, 1.82) is 0 Å². The van der Waals surface area contributed by atoms with E-state index >= 15 is 0 Å². The van der Waals surface area contributed by atoms with E-state index in [9.17, 15) is 9.59 Å². The number of benzene rings is 1. The van der Waals surface area contributed by atoms with Crippen LogP contribution in [0, 0.1) is 0 Å². The van der Waals surface area contributed by atoms with E-state index in [0.29, 0.717) is 19.5 Å². The molecule has 0 heterocycles. The molecule has 0 saturated heterocycles. The Morgan fingerprint density at radius 2 is 1.84 bits per heavy atom. The highest BCUT2D eigenvalue weighted by Gasteiger charge is 2.15. The van der Waals surface area contributed by atoms with E-state index in [4.69, 9.17) is 0 Å². The zero-order chi connectivity index (χ0) is 14.3. The summed E-state index contributed by atoms with van der Waals surface area (Å²) in [4.78, 5) is 26.0. The summed E-state index contributed by atoms with van der Waals surface area (Å²) in [5.41, 5.74) is 0.928. The van der Waals surface area contributed by atoms with Gasteiger partial charge in [-0.15, -0.1) is 12.6 Å². The van der Waals surface area contributed by atoms with E-state index in [1.165, 1.54) is 0 Å². The summed E-state index contributed by atoms with van der Waals surface area (Å²) in [6.45, 7) is 4.95. The van der Waals surface area contributed by atoms with E-state index in [2.05, 4.69) is 17.9 Å². The van der Waals surface area contributed by atoms with Crippen LogP contribution in [0.2, 0.25) is 0 Å². The molecule has 1 rings (SSSR count). The maximum Gasteiger partial charge on any atom is 0.239 e. The van der Waals surface area contributed by atoms with Crippen LogP contribution in [0.5, 0.6) is 0 Å². The van der Waals surface area contributed by atoms with Gasteiger partial charge in [0.15, 0.2) is 0 Å². The highest BCUT2D eigenvalue weighted by atomic mass is 32.1. The molecule has 104 valence electrons. The van der Waals surface area contributed by atoms with Gasteiger partial charge in [-0.1, -0.05) is 12.1 Å². The van der Waals surface area contributed by atoms with Gasteiger partial charge in [0.2, 0.25) is 11.8 Å². The smallest absolute Gasteiger partial charge is 0.239 e. The van der Waals surface area contributed by atoms with Crippen molar-refractivity contribution < 1.29 is 9.59 Å². The van der Waals surface area contributed by atoms with Crippen molar-refractivity contribution in [3.8, 4) is 0 Å². The molecule has 0 fully saturated rings. The molecule has 0 aliphatic rings. The first-order valence-corrected chi connectivity index (χ1v) is 6.83. The van der Waals surface area contributed by atoms with Gasteiger partial charge < -0.3 is 10.2 Å².